The molecule has 0 aliphatic carbocycles. The predicted octanol–water partition coefficient (Wildman–Crippen LogP) is 2.36. The Bertz CT molecular complexity index is 424. The van der Waals surface area contributed by atoms with E-state index in [9.17, 15) is 13.6 Å². The van der Waals surface area contributed by atoms with E-state index in [1.54, 1.807) is 0 Å². The molecule has 0 saturated carbocycles. The molecule has 0 fully saturated rings. The maximum Gasteiger partial charge on any atom is 0.221 e. The van der Waals surface area contributed by atoms with Crippen molar-refractivity contribution in [2.75, 3.05) is 6.54 Å². The minimum atomic E-state index is -0.853. The van der Waals surface area contributed by atoms with Crippen LogP contribution in [-0.4, -0.2) is 18.5 Å². The van der Waals surface area contributed by atoms with Gasteiger partial charge in [0.2, 0.25) is 5.91 Å². The quantitative estimate of drug-likeness (QED) is 0.747. The molecule has 3 nitrogen and oxygen atoms in total. The molecular weight excluding hydrogens is 250 g/mol. The van der Waals surface area contributed by atoms with E-state index in [1.165, 1.54) is 12.1 Å². The number of hydrogen-bond donors (Lipinski definition) is 2. The lowest BCUT2D eigenvalue weighted by Crippen LogP contribution is -2.33. The first-order chi connectivity index (χ1) is 9.04. The minimum Gasteiger partial charge on any atom is -0.354 e. The molecule has 0 aliphatic rings. The van der Waals surface area contributed by atoms with Gasteiger partial charge in [0.25, 0.3) is 0 Å². The Labute approximate surface area is 112 Å². The van der Waals surface area contributed by atoms with Crippen LogP contribution in [0.15, 0.2) is 18.2 Å². The number of hydrogen-bond acceptors (Lipinski definition) is 2. The maximum absolute atomic E-state index is 13.3. The molecule has 0 saturated heterocycles. The predicted molar refractivity (Wildman–Crippen MR) is 70.6 cm³/mol. The van der Waals surface area contributed by atoms with E-state index < -0.39 is 11.6 Å². The van der Waals surface area contributed by atoms with Crippen molar-refractivity contribution in [3.8, 4) is 0 Å². The lowest BCUT2D eigenvalue weighted by molar-refractivity contribution is -0.121. The van der Waals surface area contributed by atoms with Gasteiger partial charge in [-0.3, -0.25) is 4.79 Å². The van der Waals surface area contributed by atoms with Gasteiger partial charge in [0.15, 0.2) is 11.6 Å². The van der Waals surface area contributed by atoms with Crippen LogP contribution in [0.2, 0.25) is 0 Å². The summed E-state index contributed by atoms with van der Waals surface area (Å²) >= 11 is 0. The van der Waals surface area contributed by atoms with Gasteiger partial charge >= 0.3 is 0 Å². The molecule has 2 N–H and O–H groups in total. The van der Waals surface area contributed by atoms with E-state index in [2.05, 4.69) is 10.6 Å². The van der Waals surface area contributed by atoms with Crippen LogP contribution in [0.1, 0.15) is 32.3 Å². The molecule has 1 aromatic rings. The van der Waals surface area contributed by atoms with E-state index in [0.717, 1.165) is 12.5 Å². The van der Waals surface area contributed by atoms with Gasteiger partial charge in [0, 0.05) is 31.1 Å². The van der Waals surface area contributed by atoms with Crippen molar-refractivity contribution in [1.82, 2.24) is 10.6 Å². The topological polar surface area (TPSA) is 41.1 Å². The van der Waals surface area contributed by atoms with E-state index in [-0.39, 0.29) is 24.1 Å². The highest BCUT2D eigenvalue weighted by Crippen LogP contribution is 2.10. The molecule has 1 rings (SSSR count). The molecule has 1 amide bonds. The Kier molecular flexibility index (Phi) is 6.42. The van der Waals surface area contributed by atoms with Crippen LogP contribution in [0.4, 0.5) is 8.78 Å². The third-order valence-corrected chi connectivity index (χ3v) is 2.90. The second-order valence-electron chi connectivity index (χ2n) is 4.52. The number of carbonyl (C=O) groups is 1. The monoisotopic (exact) mass is 270 g/mol. The van der Waals surface area contributed by atoms with Crippen molar-refractivity contribution in [1.29, 1.82) is 0 Å². The molecule has 19 heavy (non-hydrogen) atoms. The first-order valence-electron chi connectivity index (χ1n) is 6.47. The third-order valence-electron chi connectivity index (χ3n) is 2.90. The molecule has 1 aromatic carbocycles. The van der Waals surface area contributed by atoms with E-state index >= 15 is 0 Å². The SMILES string of the molecule is CCC(C)NC(=O)CCNCc1cccc(F)c1F. The Hall–Kier alpha value is -1.49. The highest BCUT2D eigenvalue weighted by atomic mass is 19.2. The number of benzene rings is 1. The highest BCUT2D eigenvalue weighted by molar-refractivity contribution is 5.76. The summed E-state index contributed by atoms with van der Waals surface area (Å²) in [4.78, 5) is 11.5. The van der Waals surface area contributed by atoms with Gasteiger partial charge in [-0.1, -0.05) is 19.1 Å². The largest absolute Gasteiger partial charge is 0.354 e. The van der Waals surface area contributed by atoms with Crippen molar-refractivity contribution in [3.05, 3.63) is 35.4 Å². The Morgan fingerprint density at radius 3 is 2.79 bits per heavy atom. The normalized spacial score (nSPS) is 12.2. The molecule has 0 aliphatic heterocycles. The summed E-state index contributed by atoms with van der Waals surface area (Å²) in [7, 11) is 0. The number of carbonyl (C=O) groups excluding carboxylic acids is 1. The second kappa shape index (κ2) is 7.84. The van der Waals surface area contributed by atoms with Gasteiger partial charge in [0.1, 0.15) is 0 Å². The second-order valence-corrected chi connectivity index (χ2v) is 4.52. The minimum absolute atomic E-state index is 0.0402. The van der Waals surface area contributed by atoms with Crippen LogP contribution in [0, 0.1) is 11.6 Å². The summed E-state index contributed by atoms with van der Waals surface area (Å²) in [6.45, 7) is 4.57. The summed E-state index contributed by atoms with van der Waals surface area (Å²) in [6, 6.07) is 4.22. The number of halogens is 2. The van der Waals surface area contributed by atoms with Crippen LogP contribution in [0.3, 0.4) is 0 Å². The van der Waals surface area contributed by atoms with Crippen LogP contribution in [0.5, 0.6) is 0 Å². The van der Waals surface area contributed by atoms with Crippen molar-refractivity contribution < 1.29 is 13.6 Å². The van der Waals surface area contributed by atoms with E-state index in [0.29, 0.717) is 13.0 Å². The Morgan fingerprint density at radius 2 is 2.11 bits per heavy atom. The zero-order valence-corrected chi connectivity index (χ0v) is 11.3. The van der Waals surface area contributed by atoms with E-state index in [4.69, 9.17) is 0 Å². The zero-order chi connectivity index (χ0) is 14.3. The molecule has 106 valence electrons. The molecule has 0 radical (unpaired) electrons. The molecule has 0 spiro atoms. The van der Waals surface area contributed by atoms with Gasteiger partial charge < -0.3 is 10.6 Å². The smallest absolute Gasteiger partial charge is 0.221 e. The van der Waals surface area contributed by atoms with Gasteiger partial charge in [-0.2, -0.15) is 0 Å². The van der Waals surface area contributed by atoms with Crippen molar-refractivity contribution in [2.45, 2.75) is 39.3 Å². The Morgan fingerprint density at radius 1 is 1.37 bits per heavy atom. The van der Waals surface area contributed by atoms with Crippen molar-refractivity contribution in [2.24, 2.45) is 0 Å². The summed E-state index contributed by atoms with van der Waals surface area (Å²) in [5.74, 6) is -1.73. The fourth-order valence-corrected chi connectivity index (χ4v) is 1.56. The molecule has 0 heterocycles. The first kappa shape index (κ1) is 15.6. The third kappa shape index (κ3) is 5.34. The van der Waals surface area contributed by atoms with Gasteiger partial charge in [-0.15, -0.1) is 0 Å². The summed E-state index contributed by atoms with van der Waals surface area (Å²) in [6.07, 6.45) is 1.20. The molecule has 1 atom stereocenters. The average molecular weight is 270 g/mol. The zero-order valence-electron chi connectivity index (χ0n) is 11.3. The van der Waals surface area contributed by atoms with Crippen molar-refractivity contribution in [3.63, 3.8) is 0 Å². The lowest BCUT2D eigenvalue weighted by atomic mass is 10.2. The van der Waals surface area contributed by atoms with Crippen LogP contribution < -0.4 is 10.6 Å². The highest BCUT2D eigenvalue weighted by Gasteiger charge is 2.08. The first-order valence-corrected chi connectivity index (χ1v) is 6.47. The Balaban J connectivity index is 2.27. The molecular formula is C14H20F2N2O. The molecule has 5 heteroatoms. The van der Waals surface area contributed by atoms with E-state index in [1.807, 2.05) is 13.8 Å². The number of rotatable bonds is 7. The fourth-order valence-electron chi connectivity index (χ4n) is 1.56. The maximum atomic E-state index is 13.3. The van der Waals surface area contributed by atoms with Gasteiger partial charge in [0.05, 0.1) is 0 Å². The van der Waals surface area contributed by atoms with Crippen LogP contribution in [0.25, 0.3) is 0 Å². The van der Waals surface area contributed by atoms with Gasteiger partial charge in [-0.25, -0.2) is 8.78 Å². The summed E-state index contributed by atoms with van der Waals surface area (Å²) in [5, 5.41) is 5.76. The number of amides is 1. The number of nitrogens with one attached hydrogen (secondary N) is 2. The standard InChI is InChI=1S/C14H20F2N2O/c1-3-10(2)18-13(19)7-8-17-9-11-5-4-6-12(15)14(11)16/h4-6,10,17H,3,7-9H2,1-2H3,(H,18,19). The molecule has 1 unspecified atom stereocenters. The van der Waals surface area contributed by atoms with Crippen LogP contribution >= 0.6 is 0 Å². The van der Waals surface area contributed by atoms with Crippen LogP contribution in [-0.2, 0) is 11.3 Å². The average Bonchev–Trinajstić information content (AvgIpc) is 2.39. The molecule has 0 bridgehead atoms. The molecule has 0 aromatic heterocycles. The lowest BCUT2D eigenvalue weighted by Gasteiger charge is -2.11. The van der Waals surface area contributed by atoms with Crippen molar-refractivity contribution >= 4 is 5.91 Å². The summed E-state index contributed by atoms with van der Waals surface area (Å²) in [5.41, 5.74) is 0.266. The fraction of sp³-hybridized carbons (Fsp3) is 0.500. The summed E-state index contributed by atoms with van der Waals surface area (Å²) < 4.78 is 26.2. The van der Waals surface area contributed by atoms with Gasteiger partial charge in [-0.05, 0) is 19.4 Å².